The summed E-state index contributed by atoms with van der Waals surface area (Å²) in [6.07, 6.45) is 3.82. The zero-order chi connectivity index (χ0) is 15.9. The van der Waals surface area contributed by atoms with Crippen LogP contribution in [0.25, 0.3) is 10.9 Å². The van der Waals surface area contributed by atoms with Crippen molar-refractivity contribution in [2.75, 3.05) is 20.3 Å². The Hall–Kier alpha value is -1.56. The summed E-state index contributed by atoms with van der Waals surface area (Å²) in [6, 6.07) is 8.29. The fraction of sp³-hybridized carbons (Fsp3) is 0.471. The van der Waals surface area contributed by atoms with Gasteiger partial charge in [-0.15, -0.1) is 12.4 Å². The maximum atomic E-state index is 12.0. The molecule has 3 N–H and O–H groups in total. The number of nitrogens with one attached hydrogen (secondary N) is 1. The number of halogens is 1. The second-order valence-electron chi connectivity index (χ2n) is 5.51. The van der Waals surface area contributed by atoms with E-state index in [2.05, 4.69) is 24.5 Å². The Morgan fingerprint density at radius 1 is 1.39 bits per heavy atom. The van der Waals surface area contributed by atoms with E-state index in [0.717, 1.165) is 18.4 Å². The van der Waals surface area contributed by atoms with Gasteiger partial charge in [0.2, 0.25) is 5.91 Å². The van der Waals surface area contributed by atoms with Gasteiger partial charge < -0.3 is 20.4 Å². The van der Waals surface area contributed by atoms with Gasteiger partial charge in [-0.2, -0.15) is 0 Å². The van der Waals surface area contributed by atoms with E-state index in [4.69, 9.17) is 10.5 Å². The van der Waals surface area contributed by atoms with Crippen molar-refractivity contribution in [1.29, 1.82) is 0 Å². The molecule has 6 heteroatoms. The monoisotopic (exact) mass is 339 g/mol. The zero-order valence-electron chi connectivity index (χ0n) is 13.7. The minimum atomic E-state index is -0.0101. The molecule has 1 atom stereocenters. The first-order valence-corrected chi connectivity index (χ1v) is 7.73. The van der Waals surface area contributed by atoms with Crippen molar-refractivity contribution in [1.82, 2.24) is 9.88 Å². The normalized spacial score (nSPS) is 12.0. The molecule has 0 spiro atoms. The summed E-state index contributed by atoms with van der Waals surface area (Å²) in [6.45, 7) is 3.45. The summed E-state index contributed by atoms with van der Waals surface area (Å²) in [5, 5.41) is 4.03. The van der Waals surface area contributed by atoms with Crippen LogP contribution in [0.15, 0.2) is 30.5 Å². The molecule has 0 bridgehead atoms. The molecule has 1 aromatic carbocycles. The molecule has 0 radical (unpaired) electrons. The summed E-state index contributed by atoms with van der Waals surface area (Å²) >= 11 is 0. The van der Waals surface area contributed by atoms with Gasteiger partial charge in [0.05, 0.1) is 6.61 Å². The number of methoxy groups -OCH3 is 1. The van der Waals surface area contributed by atoms with Crippen LogP contribution in [0, 0.1) is 0 Å². The second kappa shape index (κ2) is 9.55. The van der Waals surface area contributed by atoms with E-state index in [0.29, 0.717) is 19.7 Å². The Morgan fingerprint density at radius 3 is 2.83 bits per heavy atom. The lowest BCUT2D eigenvalue weighted by molar-refractivity contribution is -0.121. The van der Waals surface area contributed by atoms with Gasteiger partial charge in [-0.3, -0.25) is 4.79 Å². The summed E-state index contributed by atoms with van der Waals surface area (Å²) < 4.78 is 6.93. The summed E-state index contributed by atoms with van der Waals surface area (Å²) in [4.78, 5) is 12.0. The van der Waals surface area contributed by atoms with Crippen molar-refractivity contribution in [3.63, 3.8) is 0 Å². The number of para-hydroxylation sites is 1. The highest BCUT2D eigenvalue weighted by molar-refractivity contribution is 5.86. The number of carbonyl (C=O) groups is 1. The highest BCUT2D eigenvalue weighted by Crippen LogP contribution is 2.22. The van der Waals surface area contributed by atoms with E-state index >= 15 is 0 Å². The molecular weight excluding hydrogens is 314 g/mol. The molecule has 23 heavy (non-hydrogen) atoms. The fourth-order valence-electron chi connectivity index (χ4n) is 2.55. The predicted octanol–water partition coefficient (Wildman–Crippen LogP) is 2.11. The SMILES string of the molecule is CCC(N)Cc1cn(CC(=O)NCCOC)c2ccccc12.Cl. The van der Waals surface area contributed by atoms with Crippen molar-refractivity contribution in [3.05, 3.63) is 36.0 Å². The lowest BCUT2D eigenvalue weighted by Gasteiger charge is -2.07. The van der Waals surface area contributed by atoms with Crippen molar-refractivity contribution >= 4 is 29.2 Å². The largest absolute Gasteiger partial charge is 0.383 e. The van der Waals surface area contributed by atoms with Crippen LogP contribution in [0.4, 0.5) is 0 Å². The highest BCUT2D eigenvalue weighted by atomic mass is 35.5. The molecule has 0 saturated heterocycles. The Morgan fingerprint density at radius 2 is 2.13 bits per heavy atom. The fourth-order valence-corrected chi connectivity index (χ4v) is 2.55. The van der Waals surface area contributed by atoms with Crippen molar-refractivity contribution in [3.8, 4) is 0 Å². The summed E-state index contributed by atoms with van der Waals surface area (Å²) in [7, 11) is 1.62. The number of amides is 1. The van der Waals surface area contributed by atoms with Gasteiger partial charge in [-0.1, -0.05) is 25.1 Å². The maximum absolute atomic E-state index is 12.0. The third-order valence-electron chi connectivity index (χ3n) is 3.82. The smallest absolute Gasteiger partial charge is 0.240 e. The average Bonchev–Trinajstić information content (AvgIpc) is 2.85. The van der Waals surface area contributed by atoms with E-state index in [1.165, 1.54) is 10.9 Å². The quantitative estimate of drug-likeness (QED) is 0.724. The Bertz CT molecular complexity index is 627. The predicted molar refractivity (Wildman–Crippen MR) is 96.0 cm³/mol. The molecule has 0 aliphatic carbocycles. The number of nitrogens with zero attached hydrogens (tertiary/aromatic N) is 1. The number of benzene rings is 1. The van der Waals surface area contributed by atoms with Gasteiger partial charge in [-0.25, -0.2) is 0 Å². The molecule has 1 aromatic heterocycles. The van der Waals surface area contributed by atoms with Gasteiger partial charge >= 0.3 is 0 Å². The molecule has 128 valence electrons. The lowest BCUT2D eigenvalue weighted by Crippen LogP contribution is -2.30. The first kappa shape index (κ1) is 19.5. The molecule has 0 saturated carbocycles. The zero-order valence-corrected chi connectivity index (χ0v) is 14.6. The van der Waals surface area contributed by atoms with Crippen LogP contribution >= 0.6 is 12.4 Å². The number of rotatable bonds is 8. The first-order chi connectivity index (χ1) is 10.7. The van der Waals surface area contributed by atoms with Crippen LogP contribution in [0.1, 0.15) is 18.9 Å². The Labute approximate surface area is 143 Å². The number of ether oxygens (including phenoxy) is 1. The van der Waals surface area contributed by atoms with Crippen LogP contribution in [-0.2, 0) is 22.5 Å². The second-order valence-corrected chi connectivity index (χ2v) is 5.51. The van der Waals surface area contributed by atoms with Gasteiger partial charge in [0.15, 0.2) is 0 Å². The van der Waals surface area contributed by atoms with Gasteiger partial charge in [0.25, 0.3) is 0 Å². The molecule has 2 aromatic rings. The Kier molecular flexibility index (Phi) is 8.09. The van der Waals surface area contributed by atoms with Gasteiger partial charge in [-0.05, 0) is 24.5 Å². The number of nitrogens with two attached hydrogens (primary N) is 1. The number of hydrogen-bond acceptors (Lipinski definition) is 3. The van der Waals surface area contributed by atoms with Crippen LogP contribution < -0.4 is 11.1 Å². The standard InChI is InChI=1S/C17H25N3O2.ClH/c1-3-14(18)10-13-11-20(12-17(21)19-8-9-22-2)16-7-5-4-6-15(13)16;/h4-7,11,14H,3,8-10,12,18H2,1-2H3,(H,19,21);1H. The molecule has 0 fully saturated rings. The summed E-state index contributed by atoms with van der Waals surface area (Å²) in [5.41, 5.74) is 8.36. The minimum absolute atomic E-state index is 0. The molecule has 0 aliphatic rings. The molecule has 2 rings (SSSR count). The third kappa shape index (κ3) is 5.23. The van der Waals surface area contributed by atoms with Crippen LogP contribution in [0.3, 0.4) is 0 Å². The van der Waals surface area contributed by atoms with Gasteiger partial charge in [0, 0.05) is 36.8 Å². The number of carbonyl (C=O) groups excluding carboxylic acids is 1. The van der Waals surface area contributed by atoms with E-state index in [-0.39, 0.29) is 24.4 Å². The molecule has 5 nitrogen and oxygen atoms in total. The molecule has 1 heterocycles. The highest BCUT2D eigenvalue weighted by Gasteiger charge is 2.12. The molecule has 1 unspecified atom stereocenters. The van der Waals surface area contributed by atoms with Crippen LogP contribution in [-0.4, -0.2) is 36.8 Å². The van der Waals surface area contributed by atoms with Crippen LogP contribution in [0.5, 0.6) is 0 Å². The minimum Gasteiger partial charge on any atom is -0.383 e. The van der Waals surface area contributed by atoms with Crippen molar-refractivity contribution in [2.45, 2.75) is 32.4 Å². The van der Waals surface area contributed by atoms with E-state index < -0.39 is 0 Å². The first-order valence-electron chi connectivity index (χ1n) is 7.73. The lowest BCUT2D eigenvalue weighted by atomic mass is 10.0. The molecule has 1 amide bonds. The average molecular weight is 340 g/mol. The number of aromatic nitrogens is 1. The van der Waals surface area contributed by atoms with E-state index in [1.54, 1.807) is 7.11 Å². The van der Waals surface area contributed by atoms with E-state index in [1.807, 2.05) is 22.8 Å². The number of fused-ring (bicyclic) bond motifs is 1. The number of hydrogen-bond donors (Lipinski definition) is 2. The maximum Gasteiger partial charge on any atom is 0.240 e. The molecule has 0 aliphatic heterocycles. The van der Waals surface area contributed by atoms with E-state index in [9.17, 15) is 4.79 Å². The molecular formula is C17H26ClN3O2. The van der Waals surface area contributed by atoms with Crippen LogP contribution in [0.2, 0.25) is 0 Å². The third-order valence-corrected chi connectivity index (χ3v) is 3.82. The van der Waals surface area contributed by atoms with Gasteiger partial charge in [0.1, 0.15) is 6.54 Å². The summed E-state index contributed by atoms with van der Waals surface area (Å²) in [5.74, 6) is -0.0101. The van der Waals surface area contributed by atoms with Crippen molar-refractivity contribution < 1.29 is 9.53 Å². The topological polar surface area (TPSA) is 69.3 Å². The van der Waals surface area contributed by atoms with Crippen molar-refractivity contribution in [2.24, 2.45) is 5.73 Å². The Balaban J connectivity index is 0.00000264.